The van der Waals surface area contributed by atoms with Crippen molar-refractivity contribution < 1.29 is 4.79 Å². The molecule has 0 bridgehead atoms. The number of hydrogen-bond acceptors (Lipinski definition) is 5. The third-order valence-corrected chi connectivity index (χ3v) is 5.51. The van der Waals surface area contributed by atoms with Crippen molar-refractivity contribution in [1.82, 2.24) is 20.1 Å². The van der Waals surface area contributed by atoms with E-state index >= 15 is 0 Å². The van der Waals surface area contributed by atoms with Crippen molar-refractivity contribution in [2.45, 2.75) is 25.8 Å². The molecule has 1 amide bonds. The van der Waals surface area contributed by atoms with Gasteiger partial charge in [0, 0.05) is 12.4 Å². The van der Waals surface area contributed by atoms with E-state index < -0.39 is 5.54 Å². The first kappa shape index (κ1) is 18.8. The predicted octanol–water partition coefficient (Wildman–Crippen LogP) is 4.10. The number of benzene rings is 1. The van der Waals surface area contributed by atoms with Gasteiger partial charge < -0.3 is 5.32 Å². The summed E-state index contributed by atoms with van der Waals surface area (Å²) in [5.41, 5.74) is 3.32. The van der Waals surface area contributed by atoms with Gasteiger partial charge >= 0.3 is 0 Å². The molecule has 3 heterocycles. The van der Waals surface area contributed by atoms with E-state index in [0.717, 1.165) is 27.0 Å². The molecule has 0 unspecified atom stereocenters. The molecule has 1 N–H and O–H groups in total. The van der Waals surface area contributed by atoms with Crippen LogP contribution in [-0.2, 0) is 6.42 Å². The van der Waals surface area contributed by atoms with Crippen LogP contribution in [0.2, 0.25) is 0 Å². The Balaban J connectivity index is 1.64. The Morgan fingerprint density at radius 2 is 2.07 bits per heavy atom. The molecule has 0 spiro atoms. The topological polar surface area (TPSA) is 83.6 Å². The maximum absolute atomic E-state index is 12.6. The van der Waals surface area contributed by atoms with Gasteiger partial charge in [-0.3, -0.25) is 4.79 Å². The first-order chi connectivity index (χ1) is 13.9. The highest BCUT2D eigenvalue weighted by Crippen LogP contribution is 2.27. The van der Waals surface area contributed by atoms with Gasteiger partial charge in [0.1, 0.15) is 11.2 Å². The zero-order valence-electron chi connectivity index (χ0n) is 16.1. The third kappa shape index (κ3) is 4.03. The second-order valence-corrected chi connectivity index (χ2v) is 8.20. The van der Waals surface area contributed by atoms with Crippen LogP contribution in [0.5, 0.6) is 0 Å². The molecular formula is C22H19N5OS. The largest absolute Gasteiger partial charge is 0.333 e. The number of aromatic nitrogens is 3. The van der Waals surface area contributed by atoms with Crippen molar-refractivity contribution in [2.75, 3.05) is 0 Å². The zero-order chi connectivity index (χ0) is 20.4. The van der Waals surface area contributed by atoms with Gasteiger partial charge in [0.2, 0.25) is 0 Å². The Bertz CT molecular complexity index is 1200. The normalized spacial score (nSPS) is 11.3. The van der Waals surface area contributed by atoms with E-state index in [4.69, 9.17) is 0 Å². The van der Waals surface area contributed by atoms with Gasteiger partial charge in [-0.2, -0.15) is 10.4 Å². The number of nitrogens with one attached hydrogen (secondary N) is 1. The number of hydrogen-bond donors (Lipinski definition) is 1. The second-order valence-electron chi connectivity index (χ2n) is 7.29. The van der Waals surface area contributed by atoms with Crippen LogP contribution in [-0.4, -0.2) is 26.2 Å². The molecule has 0 atom stereocenters. The van der Waals surface area contributed by atoms with Gasteiger partial charge in [0.25, 0.3) is 5.91 Å². The standard InChI is InChI=1S/C22H19N5OS/c1-22(2,14-23)26-21(28)19-13-16(20-18(25-19)8-11-29-20)12-15-4-6-17(7-5-15)27-10-3-9-24-27/h3-11,13H,12H2,1-2H3,(H,26,28). The van der Waals surface area contributed by atoms with Gasteiger partial charge in [0.05, 0.1) is 22.0 Å². The number of carbonyl (C=O) groups is 1. The summed E-state index contributed by atoms with van der Waals surface area (Å²) in [4.78, 5) is 17.1. The summed E-state index contributed by atoms with van der Waals surface area (Å²) in [5.74, 6) is -0.347. The van der Waals surface area contributed by atoms with Gasteiger partial charge in [-0.25, -0.2) is 9.67 Å². The van der Waals surface area contributed by atoms with Crippen LogP contribution < -0.4 is 5.32 Å². The number of rotatable bonds is 5. The van der Waals surface area contributed by atoms with E-state index in [9.17, 15) is 10.1 Å². The number of fused-ring (bicyclic) bond motifs is 1. The van der Waals surface area contributed by atoms with Crippen LogP contribution in [0.1, 0.15) is 35.5 Å². The van der Waals surface area contributed by atoms with Crippen LogP contribution >= 0.6 is 11.3 Å². The highest BCUT2D eigenvalue weighted by atomic mass is 32.1. The van der Waals surface area contributed by atoms with Crippen molar-refractivity contribution in [3.05, 3.63) is 77.1 Å². The molecule has 0 aliphatic heterocycles. The molecule has 0 aliphatic rings. The molecule has 0 saturated heterocycles. The Labute approximate surface area is 172 Å². The summed E-state index contributed by atoms with van der Waals surface area (Å²) in [6.07, 6.45) is 4.33. The van der Waals surface area contributed by atoms with Crippen molar-refractivity contribution in [1.29, 1.82) is 5.26 Å². The van der Waals surface area contributed by atoms with E-state index in [1.165, 1.54) is 0 Å². The third-order valence-electron chi connectivity index (χ3n) is 4.53. The molecule has 6 nitrogen and oxygen atoms in total. The number of nitriles is 1. The van der Waals surface area contributed by atoms with E-state index in [1.54, 1.807) is 31.4 Å². The van der Waals surface area contributed by atoms with Crippen LogP contribution in [0, 0.1) is 11.3 Å². The molecule has 0 radical (unpaired) electrons. The zero-order valence-corrected chi connectivity index (χ0v) is 16.9. The van der Waals surface area contributed by atoms with Crippen molar-refractivity contribution in [3.63, 3.8) is 0 Å². The van der Waals surface area contributed by atoms with E-state index in [1.807, 2.05) is 46.6 Å². The first-order valence-electron chi connectivity index (χ1n) is 9.15. The Morgan fingerprint density at radius 3 is 2.76 bits per heavy atom. The SMILES string of the molecule is CC(C)(C#N)NC(=O)c1cc(Cc2ccc(-n3cccn3)cc2)c2sccc2n1. The number of amides is 1. The highest BCUT2D eigenvalue weighted by Gasteiger charge is 2.22. The fourth-order valence-corrected chi connectivity index (χ4v) is 3.90. The van der Waals surface area contributed by atoms with Gasteiger partial charge in [-0.05, 0) is 67.1 Å². The molecule has 144 valence electrons. The molecule has 0 saturated carbocycles. The molecule has 4 aromatic rings. The fourth-order valence-electron chi connectivity index (χ4n) is 3.05. The van der Waals surface area contributed by atoms with Gasteiger partial charge in [-0.15, -0.1) is 11.3 Å². The molecular weight excluding hydrogens is 382 g/mol. The molecule has 3 aromatic heterocycles. The lowest BCUT2D eigenvalue weighted by atomic mass is 10.0. The van der Waals surface area contributed by atoms with E-state index in [2.05, 4.69) is 33.6 Å². The first-order valence-corrected chi connectivity index (χ1v) is 10.0. The summed E-state index contributed by atoms with van der Waals surface area (Å²) >= 11 is 1.61. The maximum Gasteiger partial charge on any atom is 0.271 e. The molecule has 0 fully saturated rings. The summed E-state index contributed by atoms with van der Waals surface area (Å²) < 4.78 is 2.88. The summed E-state index contributed by atoms with van der Waals surface area (Å²) in [6.45, 7) is 3.33. The van der Waals surface area contributed by atoms with E-state index in [-0.39, 0.29) is 5.91 Å². The smallest absolute Gasteiger partial charge is 0.271 e. The average molecular weight is 401 g/mol. The van der Waals surface area contributed by atoms with Crippen molar-refractivity contribution in [3.8, 4) is 11.8 Å². The summed E-state index contributed by atoms with van der Waals surface area (Å²) in [7, 11) is 0. The molecule has 1 aromatic carbocycles. The Kier molecular flexibility index (Phi) is 4.87. The minimum atomic E-state index is -0.954. The number of carbonyl (C=O) groups excluding carboxylic acids is 1. The Morgan fingerprint density at radius 1 is 1.28 bits per heavy atom. The van der Waals surface area contributed by atoms with Crippen LogP contribution in [0.4, 0.5) is 0 Å². The molecule has 29 heavy (non-hydrogen) atoms. The lowest BCUT2D eigenvalue weighted by molar-refractivity contribution is 0.0924. The summed E-state index contributed by atoms with van der Waals surface area (Å²) in [6, 6.07) is 15.9. The molecule has 4 rings (SSSR count). The average Bonchev–Trinajstić information content (AvgIpc) is 3.40. The molecule has 7 heteroatoms. The lowest BCUT2D eigenvalue weighted by Crippen LogP contribution is -2.42. The highest BCUT2D eigenvalue weighted by molar-refractivity contribution is 7.17. The minimum Gasteiger partial charge on any atom is -0.333 e. The van der Waals surface area contributed by atoms with E-state index in [0.29, 0.717) is 12.1 Å². The molecule has 0 aliphatic carbocycles. The number of nitrogens with zero attached hydrogens (tertiary/aromatic N) is 4. The second kappa shape index (κ2) is 7.49. The Hall–Kier alpha value is -3.50. The number of pyridine rings is 1. The predicted molar refractivity (Wildman–Crippen MR) is 113 cm³/mol. The monoisotopic (exact) mass is 401 g/mol. The van der Waals surface area contributed by atoms with Crippen LogP contribution in [0.15, 0.2) is 60.2 Å². The van der Waals surface area contributed by atoms with Crippen LogP contribution in [0.25, 0.3) is 15.9 Å². The van der Waals surface area contributed by atoms with Crippen molar-refractivity contribution >= 4 is 27.5 Å². The van der Waals surface area contributed by atoms with Crippen LogP contribution in [0.3, 0.4) is 0 Å². The van der Waals surface area contributed by atoms with Crippen molar-refractivity contribution in [2.24, 2.45) is 0 Å². The van der Waals surface area contributed by atoms with Gasteiger partial charge in [0.15, 0.2) is 0 Å². The fraction of sp³-hybridized carbons (Fsp3) is 0.182. The minimum absolute atomic E-state index is 0.322. The number of thiophene rings is 1. The quantitative estimate of drug-likeness (QED) is 0.546. The lowest BCUT2D eigenvalue weighted by Gasteiger charge is -2.17. The summed E-state index contributed by atoms with van der Waals surface area (Å²) in [5, 5.41) is 18.1. The maximum atomic E-state index is 12.6. The van der Waals surface area contributed by atoms with Gasteiger partial charge in [-0.1, -0.05) is 12.1 Å².